The number of benzene rings is 1. The van der Waals surface area contributed by atoms with Gasteiger partial charge < -0.3 is 0 Å². The lowest BCUT2D eigenvalue weighted by molar-refractivity contribution is 0.101. The highest BCUT2D eigenvalue weighted by atomic mass is 32.2. The number of rotatable bonds is 10. The van der Waals surface area contributed by atoms with Gasteiger partial charge >= 0.3 is 10.2 Å². The minimum Gasteiger partial charge on any atom is -0.296 e. The summed E-state index contributed by atoms with van der Waals surface area (Å²) in [5, 5.41) is 0. The van der Waals surface area contributed by atoms with E-state index >= 15 is 0 Å². The zero-order valence-corrected chi connectivity index (χ0v) is 22.4. The molecule has 0 N–H and O–H groups in total. The van der Waals surface area contributed by atoms with Crippen LogP contribution >= 0.6 is 0 Å². The van der Waals surface area contributed by atoms with Crippen LogP contribution in [0.3, 0.4) is 0 Å². The average molecular weight is 544 g/mol. The molecular formula is C23H31F2N5O4S2. The van der Waals surface area contributed by atoms with Crippen LogP contribution in [0, 0.1) is 5.92 Å². The van der Waals surface area contributed by atoms with Crippen LogP contribution in [0.5, 0.6) is 0 Å². The van der Waals surface area contributed by atoms with Gasteiger partial charge in [-0.05, 0) is 30.8 Å². The molecule has 1 saturated carbocycles. The van der Waals surface area contributed by atoms with Crippen LogP contribution in [0.25, 0.3) is 11.3 Å². The Hall–Kier alpha value is -2.35. The molecule has 0 spiro atoms. The predicted octanol–water partition coefficient (Wildman–Crippen LogP) is 2.62. The van der Waals surface area contributed by atoms with E-state index in [2.05, 4.69) is 4.90 Å². The van der Waals surface area contributed by atoms with Gasteiger partial charge in [-0.25, -0.2) is 21.5 Å². The van der Waals surface area contributed by atoms with Crippen LogP contribution < -0.4 is 8.61 Å². The van der Waals surface area contributed by atoms with Crippen molar-refractivity contribution in [3.8, 4) is 11.3 Å². The largest absolute Gasteiger partial charge is 0.326 e. The molecule has 36 heavy (non-hydrogen) atoms. The molecule has 1 aromatic heterocycles. The van der Waals surface area contributed by atoms with Gasteiger partial charge in [0.15, 0.2) is 0 Å². The summed E-state index contributed by atoms with van der Waals surface area (Å²) in [7, 11) is -4.21. The van der Waals surface area contributed by atoms with Crippen molar-refractivity contribution in [3.63, 3.8) is 0 Å². The van der Waals surface area contributed by atoms with E-state index < -0.39 is 32.1 Å². The van der Waals surface area contributed by atoms with Gasteiger partial charge in [-0.1, -0.05) is 19.1 Å². The van der Waals surface area contributed by atoms with Crippen molar-refractivity contribution in [2.45, 2.75) is 25.8 Å². The van der Waals surface area contributed by atoms with E-state index in [4.69, 9.17) is 4.98 Å². The number of hydrogen-bond acceptors (Lipinski definition) is 6. The van der Waals surface area contributed by atoms with Crippen LogP contribution in [0.4, 0.5) is 20.2 Å². The second-order valence-corrected chi connectivity index (χ2v) is 13.3. The Morgan fingerprint density at radius 2 is 1.86 bits per heavy atom. The second-order valence-electron chi connectivity index (χ2n) is 9.34. The summed E-state index contributed by atoms with van der Waals surface area (Å²) >= 11 is 0. The highest BCUT2D eigenvalue weighted by Crippen LogP contribution is 2.51. The number of fused-ring (bicyclic) bond motifs is 1. The Labute approximate surface area is 211 Å². The van der Waals surface area contributed by atoms with Crippen molar-refractivity contribution >= 4 is 31.6 Å². The summed E-state index contributed by atoms with van der Waals surface area (Å²) < 4.78 is 79.6. The number of pyridine rings is 1. The molecule has 0 amide bonds. The maximum atomic E-state index is 13.5. The number of nitrogens with zero attached hydrogens (tertiary/aromatic N) is 5. The lowest BCUT2D eigenvalue weighted by atomic mass is 10.1. The zero-order chi connectivity index (χ0) is 26.5. The number of aromatic nitrogens is 1. The highest BCUT2D eigenvalue weighted by Gasteiger charge is 2.59. The van der Waals surface area contributed by atoms with Gasteiger partial charge in [0.2, 0.25) is 10.0 Å². The van der Waals surface area contributed by atoms with E-state index in [1.54, 1.807) is 25.2 Å². The zero-order valence-electron chi connectivity index (χ0n) is 20.7. The van der Waals surface area contributed by atoms with Crippen molar-refractivity contribution in [2.24, 2.45) is 5.92 Å². The van der Waals surface area contributed by atoms with Gasteiger partial charge in [-0.3, -0.25) is 18.5 Å². The van der Waals surface area contributed by atoms with Crippen LogP contribution in [0.2, 0.25) is 0 Å². The Balaban J connectivity index is 1.53. The molecule has 13 heteroatoms. The summed E-state index contributed by atoms with van der Waals surface area (Å²) in [6, 6.07) is 10.7. The third-order valence-corrected chi connectivity index (χ3v) is 9.89. The lowest BCUT2D eigenvalue weighted by Gasteiger charge is -2.23. The molecule has 1 atom stereocenters. The minimum absolute atomic E-state index is 0.249. The van der Waals surface area contributed by atoms with Crippen LogP contribution in [0.1, 0.15) is 19.0 Å². The van der Waals surface area contributed by atoms with E-state index in [1.807, 2.05) is 25.1 Å². The van der Waals surface area contributed by atoms with E-state index in [0.717, 1.165) is 14.3 Å². The van der Waals surface area contributed by atoms with Gasteiger partial charge in [0.1, 0.15) is 0 Å². The predicted molar refractivity (Wildman–Crippen MR) is 136 cm³/mol. The number of alkyl halides is 2. The molecule has 1 fully saturated rings. The van der Waals surface area contributed by atoms with E-state index in [9.17, 15) is 25.6 Å². The first-order chi connectivity index (χ1) is 16.7. The highest BCUT2D eigenvalue weighted by molar-refractivity contribution is 7.94. The molecule has 1 unspecified atom stereocenters. The molecule has 1 aliphatic carbocycles. The topological polar surface area (TPSA) is 94.1 Å². The van der Waals surface area contributed by atoms with Crippen LogP contribution in [-0.2, 0) is 26.8 Å². The quantitative estimate of drug-likeness (QED) is 0.457. The van der Waals surface area contributed by atoms with Crippen molar-refractivity contribution in [2.75, 3.05) is 55.1 Å². The fourth-order valence-corrected chi connectivity index (χ4v) is 6.03. The summed E-state index contributed by atoms with van der Waals surface area (Å²) in [5.74, 6) is -3.78. The summed E-state index contributed by atoms with van der Waals surface area (Å²) in [5.41, 5.74) is 2.94. The number of hydrogen-bond donors (Lipinski definition) is 0. The number of sulfonamides is 1. The normalized spacial score (nSPS) is 20.3. The average Bonchev–Trinajstić information content (AvgIpc) is 3.38. The van der Waals surface area contributed by atoms with Crippen molar-refractivity contribution in [1.29, 1.82) is 0 Å². The van der Waals surface area contributed by atoms with Crippen LogP contribution in [-0.4, -0.2) is 83.5 Å². The van der Waals surface area contributed by atoms with Gasteiger partial charge in [0.25, 0.3) is 5.92 Å². The van der Waals surface area contributed by atoms with Gasteiger partial charge in [0.05, 0.1) is 29.0 Å². The standard InChI is InChI=1S/C23H31F2N5O4S2/c1-5-29(12-11-27(2)35(4,31)32)16-19-7-6-8-20(26-19)17-9-10-21-22(13-17)28(3)36(33,34)30(21)15-18-14-23(18,24)25/h6-10,13,18H,5,11-12,14-16H2,1-4H3. The third-order valence-electron chi connectivity index (χ3n) is 6.78. The molecule has 2 aromatic rings. The molecule has 198 valence electrons. The molecule has 2 aliphatic rings. The minimum atomic E-state index is -3.92. The van der Waals surface area contributed by atoms with E-state index in [0.29, 0.717) is 48.8 Å². The molecule has 9 nitrogen and oxygen atoms in total. The summed E-state index contributed by atoms with van der Waals surface area (Å²) in [6.07, 6.45) is 0.875. The molecule has 0 radical (unpaired) electrons. The van der Waals surface area contributed by atoms with Gasteiger partial charge in [-0.2, -0.15) is 8.42 Å². The van der Waals surface area contributed by atoms with Gasteiger partial charge in [0, 0.05) is 58.2 Å². The maximum absolute atomic E-state index is 13.5. The lowest BCUT2D eigenvalue weighted by Crippen LogP contribution is -2.37. The first-order valence-electron chi connectivity index (χ1n) is 11.6. The molecule has 1 aliphatic heterocycles. The fraction of sp³-hybridized carbons (Fsp3) is 0.522. The van der Waals surface area contributed by atoms with Crippen molar-refractivity contribution in [1.82, 2.24) is 14.2 Å². The summed E-state index contributed by atoms with van der Waals surface area (Å²) in [6.45, 7) is 3.88. The molecular weight excluding hydrogens is 512 g/mol. The van der Waals surface area contributed by atoms with Crippen molar-refractivity contribution in [3.05, 3.63) is 42.1 Å². The second kappa shape index (κ2) is 9.51. The number of halogens is 2. The van der Waals surface area contributed by atoms with Crippen molar-refractivity contribution < 1.29 is 25.6 Å². The monoisotopic (exact) mass is 543 g/mol. The maximum Gasteiger partial charge on any atom is 0.326 e. The Morgan fingerprint density at radius 3 is 2.47 bits per heavy atom. The Bertz CT molecular complexity index is 1350. The Morgan fingerprint density at radius 1 is 1.17 bits per heavy atom. The molecule has 4 rings (SSSR count). The Kier molecular flexibility index (Phi) is 7.05. The third kappa shape index (κ3) is 5.34. The van der Waals surface area contributed by atoms with Gasteiger partial charge in [-0.15, -0.1) is 0 Å². The first-order valence-corrected chi connectivity index (χ1v) is 14.9. The summed E-state index contributed by atoms with van der Waals surface area (Å²) in [4.78, 5) is 6.82. The number of likely N-dealkylation sites (N-methyl/N-ethyl adjacent to an activating group) is 2. The smallest absolute Gasteiger partial charge is 0.296 e. The SMILES string of the molecule is CCN(CCN(C)S(C)(=O)=O)Cc1cccc(-c2ccc3c(c2)N(C)S(=O)(=O)N3CC2CC2(F)F)n1. The fourth-order valence-electron chi connectivity index (χ4n) is 4.16. The molecule has 2 heterocycles. The molecule has 0 bridgehead atoms. The van der Waals surface area contributed by atoms with E-state index in [1.165, 1.54) is 17.6 Å². The van der Waals surface area contributed by atoms with Crippen LogP contribution in [0.15, 0.2) is 36.4 Å². The first kappa shape index (κ1) is 26.7. The molecule has 0 saturated heterocycles. The number of anilines is 2. The molecule has 1 aromatic carbocycles. The van der Waals surface area contributed by atoms with E-state index in [-0.39, 0.29) is 13.0 Å².